The van der Waals surface area contributed by atoms with E-state index >= 15 is 0 Å². The zero-order valence-electron chi connectivity index (χ0n) is 19.7. The fraction of sp³-hybridized carbons (Fsp3) is 0.565. The second kappa shape index (κ2) is 13.6. The van der Waals surface area contributed by atoms with E-state index in [9.17, 15) is 29.4 Å². The number of aliphatic hydroxyl groups is 2. The molecule has 194 valence electrons. The molecule has 1 fully saturated rings. The molecule has 1 aromatic rings. The van der Waals surface area contributed by atoms with Crippen molar-refractivity contribution >= 4 is 24.0 Å². The molecule has 0 spiro atoms. The van der Waals surface area contributed by atoms with Gasteiger partial charge in [-0.25, -0.2) is 9.59 Å². The van der Waals surface area contributed by atoms with Crippen molar-refractivity contribution < 1.29 is 53.1 Å². The Morgan fingerprint density at radius 1 is 1.00 bits per heavy atom. The average Bonchev–Trinajstić information content (AvgIpc) is 2.83. The van der Waals surface area contributed by atoms with Gasteiger partial charge in [-0.2, -0.15) is 0 Å². The van der Waals surface area contributed by atoms with E-state index in [1.165, 1.54) is 6.92 Å². The summed E-state index contributed by atoms with van der Waals surface area (Å²) in [4.78, 5) is 47.0. The molecule has 6 atom stereocenters. The van der Waals surface area contributed by atoms with Crippen LogP contribution >= 0.6 is 0 Å². The molecule has 12 heteroatoms. The Morgan fingerprint density at radius 2 is 1.69 bits per heavy atom. The van der Waals surface area contributed by atoms with Crippen LogP contribution in [0, 0.1) is 0 Å². The molecule has 0 aromatic heterocycles. The van der Waals surface area contributed by atoms with Crippen molar-refractivity contribution in [3.8, 4) is 0 Å². The standard InChI is InChI=1S/C23H31NO11/c1-13(25)32-12-18-21(34-14(2)26)20(28)19(27)17(35-18)10-9-16(22(29)31-3)24-23(30)33-11-15-7-5-4-6-8-15/h4-8,16-21,27-28H,9-12H2,1-3H3,(H,24,30)/t16-,17+,18+,19+,20+,21+/m0/s1. The largest absolute Gasteiger partial charge is 0.467 e. The second-order valence-electron chi connectivity index (χ2n) is 7.93. The Kier molecular flexibility index (Phi) is 10.9. The van der Waals surface area contributed by atoms with Crippen LogP contribution in [0.15, 0.2) is 30.3 Å². The van der Waals surface area contributed by atoms with Crippen LogP contribution in [0.25, 0.3) is 0 Å². The van der Waals surface area contributed by atoms with Crippen molar-refractivity contribution in [2.75, 3.05) is 13.7 Å². The number of ether oxygens (including phenoxy) is 5. The minimum Gasteiger partial charge on any atom is -0.467 e. The summed E-state index contributed by atoms with van der Waals surface area (Å²) in [5, 5.41) is 23.4. The van der Waals surface area contributed by atoms with Crippen LogP contribution in [0.3, 0.4) is 0 Å². The molecular formula is C23H31NO11. The van der Waals surface area contributed by atoms with Crippen LogP contribution in [-0.4, -0.2) is 84.5 Å². The fourth-order valence-corrected chi connectivity index (χ4v) is 3.56. The number of carbonyl (C=O) groups excluding carboxylic acids is 4. The van der Waals surface area contributed by atoms with E-state index in [1.54, 1.807) is 24.3 Å². The number of esters is 3. The van der Waals surface area contributed by atoms with E-state index in [0.717, 1.165) is 19.6 Å². The average molecular weight is 497 g/mol. The van der Waals surface area contributed by atoms with Gasteiger partial charge in [0.15, 0.2) is 6.10 Å². The third-order valence-corrected chi connectivity index (χ3v) is 5.27. The maximum atomic E-state index is 12.2. The van der Waals surface area contributed by atoms with Gasteiger partial charge in [0.25, 0.3) is 0 Å². The molecule has 0 bridgehead atoms. The molecule has 1 amide bonds. The summed E-state index contributed by atoms with van der Waals surface area (Å²) in [5.41, 5.74) is 0.756. The monoisotopic (exact) mass is 497 g/mol. The zero-order chi connectivity index (χ0) is 26.0. The number of nitrogens with one attached hydrogen (secondary N) is 1. The lowest BCUT2D eigenvalue weighted by Crippen LogP contribution is -2.60. The van der Waals surface area contributed by atoms with Gasteiger partial charge >= 0.3 is 24.0 Å². The Bertz CT molecular complexity index is 862. The van der Waals surface area contributed by atoms with E-state index in [0.29, 0.717) is 0 Å². The van der Waals surface area contributed by atoms with E-state index in [4.69, 9.17) is 23.7 Å². The molecule has 1 aliphatic heterocycles. The van der Waals surface area contributed by atoms with Gasteiger partial charge in [0.1, 0.15) is 37.6 Å². The SMILES string of the molecule is COC(=O)[C@H](CC[C@H]1O[C@H](COC(C)=O)[C@@H](OC(C)=O)[C@H](O)[C@@H]1O)NC(=O)OCc1ccccc1. The van der Waals surface area contributed by atoms with Crippen LogP contribution in [0.2, 0.25) is 0 Å². The quantitative estimate of drug-likeness (QED) is 0.299. The highest BCUT2D eigenvalue weighted by Crippen LogP contribution is 2.27. The van der Waals surface area contributed by atoms with E-state index in [2.05, 4.69) is 5.32 Å². The number of carbonyl (C=O) groups is 4. The molecule has 2 rings (SSSR count). The topological polar surface area (TPSA) is 167 Å². The minimum atomic E-state index is -1.54. The maximum absolute atomic E-state index is 12.2. The number of methoxy groups -OCH3 is 1. The highest BCUT2D eigenvalue weighted by atomic mass is 16.6. The summed E-state index contributed by atoms with van der Waals surface area (Å²) < 4.78 is 25.6. The first-order chi connectivity index (χ1) is 16.6. The molecular weight excluding hydrogens is 466 g/mol. The van der Waals surface area contributed by atoms with E-state index < -0.39 is 60.6 Å². The van der Waals surface area contributed by atoms with Gasteiger partial charge in [-0.1, -0.05) is 30.3 Å². The number of amides is 1. The summed E-state index contributed by atoms with van der Waals surface area (Å²) in [6.45, 7) is 1.96. The Hall–Kier alpha value is -3.22. The summed E-state index contributed by atoms with van der Waals surface area (Å²) >= 11 is 0. The van der Waals surface area contributed by atoms with Gasteiger partial charge in [0.2, 0.25) is 0 Å². The van der Waals surface area contributed by atoms with Crippen molar-refractivity contribution in [1.82, 2.24) is 5.32 Å². The van der Waals surface area contributed by atoms with E-state index in [1.807, 2.05) is 6.07 Å². The first kappa shape index (κ1) is 28.0. The number of rotatable bonds is 10. The number of alkyl carbamates (subject to hydrolysis) is 1. The Morgan fingerprint density at radius 3 is 2.29 bits per heavy atom. The maximum Gasteiger partial charge on any atom is 0.408 e. The molecule has 1 aliphatic rings. The molecule has 0 unspecified atom stereocenters. The van der Waals surface area contributed by atoms with Crippen LogP contribution < -0.4 is 5.32 Å². The molecule has 3 N–H and O–H groups in total. The Balaban J connectivity index is 2.01. The van der Waals surface area contributed by atoms with Gasteiger partial charge in [-0.05, 0) is 18.4 Å². The highest BCUT2D eigenvalue weighted by Gasteiger charge is 2.47. The van der Waals surface area contributed by atoms with Gasteiger partial charge < -0.3 is 39.2 Å². The van der Waals surface area contributed by atoms with Gasteiger partial charge in [-0.15, -0.1) is 0 Å². The lowest BCUT2D eigenvalue weighted by atomic mass is 9.91. The van der Waals surface area contributed by atoms with Crippen LogP contribution in [0.1, 0.15) is 32.3 Å². The first-order valence-electron chi connectivity index (χ1n) is 11.0. The predicted octanol–water partition coefficient (Wildman–Crippen LogP) is 0.219. The molecule has 0 radical (unpaired) electrons. The van der Waals surface area contributed by atoms with Gasteiger partial charge in [0.05, 0.1) is 13.2 Å². The molecule has 1 heterocycles. The predicted molar refractivity (Wildman–Crippen MR) is 118 cm³/mol. The zero-order valence-corrected chi connectivity index (χ0v) is 19.7. The van der Waals surface area contributed by atoms with Crippen LogP contribution in [0.5, 0.6) is 0 Å². The lowest BCUT2D eigenvalue weighted by molar-refractivity contribution is -0.241. The van der Waals surface area contributed by atoms with Gasteiger partial charge in [-0.3, -0.25) is 9.59 Å². The molecule has 1 aromatic carbocycles. The van der Waals surface area contributed by atoms with Crippen molar-refractivity contribution in [1.29, 1.82) is 0 Å². The molecule has 35 heavy (non-hydrogen) atoms. The highest BCUT2D eigenvalue weighted by molar-refractivity contribution is 5.81. The summed E-state index contributed by atoms with van der Waals surface area (Å²) in [6, 6.07) is 7.81. The summed E-state index contributed by atoms with van der Waals surface area (Å²) in [6.07, 6.45) is -7.31. The number of benzene rings is 1. The molecule has 0 aliphatic carbocycles. The van der Waals surface area contributed by atoms with Crippen LogP contribution in [0.4, 0.5) is 4.79 Å². The summed E-state index contributed by atoms with van der Waals surface area (Å²) in [5.74, 6) is -2.09. The summed E-state index contributed by atoms with van der Waals surface area (Å²) in [7, 11) is 1.15. The Labute approximate surface area is 202 Å². The van der Waals surface area contributed by atoms with Crippen LogP contribution in [-0.2, 0) is 44.7 Å². The van der Waals surface area contributed by atoms with Crippen molar-refractivity contribution in [3.05, 3.63) is 35.9 Å². The fourth-order valence-electron chi connectivity index (χ4n) is 3.56. The van der Waals surface area contributed by atoms with Crippen molar-refractivity contribution in [3.63, 3.8) is 0 Å². The molecule has 12 nitrogen and oxygen atoms in total. The minimum absolute atomic E-state index is 0.00737. The number of hydrogen-bond donors (Lipinski definition) is 3. The first-order valence-corrected chi connectivity index (χ1v) is 11.0. The van der Waals surface area contributed by atoms with Crippen molar-refractivity contribution in [2.24, 2.45) is 0 Å². The van der Waals surface area contributed by atoms with Gasteiger partial charge in [0, 0.05) is 13.8 Å². The number of aliphatic hydroxyl groups excluding tert-OH is 2. The third kappa shape index (κ3) is 8.81. The molecule has 1 saturated heterocycles. The van der Waals surface area contributed by atoms with Crippen molar-refractivity contribution in [2.45, 2.75) is 69.9 Å². The number of hydrogen-bond acceptors (Lipinski definition) is 11. The lowest BCUT2D eigenvalue weighted by Gasteiger charge is -2.42. The molecule has 0 saturated carbocycles. The normalized spacial score (nSPS) is 24.5. The van der Waals surface area contributed by atoms with E-state index in [-0.39, 0.29) is 26.1 Å². The smallest absolute Gasteiger partial charge is 0.408 e. The second-order valence-corrected chi connectivity index (χ2v) is 7.93. The third-order valence-electron chi connectivity index (χ3n) is 5.27.